The van der Waals surface area contributed by atoms with E-state index in [2.05, 4.69) is 24.1 Å². The number of nitrogens with one attached hydrogen (secondary N) is 1. The van der Waals surface area contributed by atoms with Crippen LogP contribution < -0.4 is 5.32 Å². The molecule has 0 bridgehead atoms. The van der Waals surface area contributed by atoms with E-state index in [-0.39, 0.29) is 17.6 Å². The molecule has 0 saturated carbocycles. The van der Waals surface area contributed by atoms with Crippen molar-refractivity contribution < 1.29 is 9.59 Å². The first-order chi connectivity index (χ1) is 11.6. The molecule has 1 aliphatic heterocycles. The Hall–Kier alpha value is -2.37. The summed E-state index contributed by atoms with van der Waals surface area (Å²) in [5, 5.41) is 2.90. The minimum Gasteiger partial charge on any atom is -0.349 e. The first kappa shape index (κ1) is 16.5. The van der Waals surface area contributed by atoms with Gasteiger partial charge in [0, 0.05) is 25.8 Å². The van der Waals surface area contributed by atoms with Gasteiger partial charge in [-0.25, -0.2) is 4.98 Å². The third-order valence-corrected chi connectivity index (χ3v) is 4.35. The summed E-state index contributed by atoms with van der Waals surface area (Å²) in [5.41, 5.74) is 1.05. The summed E-state index contributed by atoms with van der Waals surface area (Å²) in [4.78, 5) is 31.4. The van der Waals surface area contributed by atoms with Gasteiger partial charge in [0.05, 0.1) is 5.52 Å². The van der Waals surface area contributed by atoms with Crippen LogP contribution in [0.25, 0.3) is 5.52 Å². The Bertz CT molecular complexity index is 745. The maximum Gasteiger partial charge on any atom is 0.287 e. The number of aromatic nitrogens is 2. The fraction of sp³-hybridized carbons (Fsp3) is 0.500. The van der Waals surface area contributed by atoms with Gasteiger partial charge in [-0.2, -0.15) is 0 Å². The highest BCUT2D eigenvalue weighted by atomic mass is 16.2. The summed E-state index contributed by atoms with van der Waals surface area (Å²) in [6.45, 7) is 6.36. The van der Waals surface area contributed by atoms with E-state index in [1.54, 1.807) is 10.6 Å². The van der Waals surface area contributed by atoms with E-state index in [0.29, 0.717) is 23.7 Å². The molecule has 2 amide bonds. The number of fused-ring (bicyclic) bond motifs is 1. The number of carbonyl (C=O) groups excluding carboxylic acids is 2. The highest BCUT2D eigenvalue weighted by Crippen LogP contribution is 2.18. The van der Waals surface area contributed by atoms with Crippen LogP contribution in [0.3, 0.4) is 0 Å². The van der Waals surface area contributed by atoms with Crippen molar-refractivity contribution in [3.05, 3.63) is 35.9 Å². The Balaban J connectivity index is 1.88. The van der Waals surface area contributed by atoms with E-state index in [1.165, 1.54) is 0 Å². The molecule has 0 aliphatic carbocycles. The Morgan fingerprint density at radius 2 is 2.00 bits per heavy atom. The molecule has 24 heavy (non-hydrogen) atoms. The quantitative estimate of drug-likeness (QED) is 0.916. The van der Waals surface area contributed by atoms with Gasteiger partial charge in [0.1, 0.15) is 0 Å². The monoisotopic (exact) mass is 328 g/mol. The number of hydrogen-bond donors (Lipinski definition) is 1. The van der Waals surface area contributed by atoms with Crippen LogP contribution in [0.1, 0.15) is 54.2 Å². The molecule has 3 rings (SSSR count). The van der Waals surface area contributed by atoms with Crippen molar-refractivity contribution in [1.82, 2.24) is 19.6 Å². The molecule has 6 nitrogen and oxygen atoms in total. The van der Waals surface area contributed by atoms with Gasteiger partial charge in [0.25, 0.3) is 11.8 Å². The van der Waals surface area contributed by atoms with Gasteiger partial charge in [0.15, 0.2) is 5.69 Å². The normalized spacial score (nSPS) is 14.5. The lowest BCUT2D eigenvalue weighted by atomic mass is 10.1. The first-order valence-electron chi connectivity index (χ1n) is 8.62. The first-order valence-corrected chi connectivity index (χ1v) is 8.62. The molecule has 128 valence electrons. The second-order valence-electron chi connectivity index (χ2n) is 6.68. The fourth-order valence-corrected chi connectivity index (χ4v) is 2.98. The maximum absolute atomic E-state index is 12.7. The average Bonchev–Trinajstić information content (AvgIpc) is 3.22. The average molecular weight is 328 g/mol. The molecule has 2 aromatic heterocycles. The second kappa shape index (κ2) is 7.03. The highest BCUT2D eigenvalue weighted by molar-refractivity contribution is 6.02. The number of amides is 2. The molecule has 0 atom stereocenters. The summed E-state index contributed by atoms with van der Waals surface area (Å²) in [6, 6.07) is 5.53. The smallest absolute Gasteiger partial charge is 0.287 e. The van der Waals surface area contributed by atoms with Crippen LogP contribution >= 0.6 is 0 Å². The SMILES string of the molecule is CC(C)CCNC(=O)c1nc(C(=O)N2CCCC2)c2ccccn12. The van der Waals surface area contributed by atoms with Gasteiger partial charge in [-0.05, 0) is 37.3 Å². The summed E-state index contributed by atoms with van der Waals surface area (Å²) in [5.74, 6) is 0.473. The Morgan fingerprint density at radius 3 is 2.71 bits per heavy atom. The molecular weight excluding hydrogens is 304 g/mol. The van der Waals surface area contributed by atoms with Crippen LogP contribution in [0, 0.1) is 5.92 Å². The molecule has 2 aromatic rings. The Kier molecular flexibility index (Phi) is 4.83. The van der Waals surface area contributed by atoms with Gasteiger partial charge in [-0.3, -0.25) is 14.0 Å². The number of rotatable bonds is 5. The van der Waals surface area contributed by atoms with Gasteiger partial charge in [-0.15, -0.1) is 0 Å². The van der Waals surface area contributed by atoms with Gasteiger partial charge in [0.2, 0.25) is 5.82 Å². The lowest BCUT2D eigenvalue weighted by Crippen LogP contribution is -2.29. The van der Waals surface area contributed by atoms with Crippen molar-refractivity contribution in [2.75, 3.05) is 19.6 Å². The molecule has 0 aromatic carbocycles. The molecular formula is C18H24N4O2. The van der Waals surface area contributed by atoms with Crippen LogP contribution in [0.15, 0.2) is 24.4 Å². The van der Waals surface area contributed by atoms with Gasteiger partial charge in [-0.1, -0.05) is 19.9 Å². The number of hydrogen-bond acceptors (Lipinski definition) is 3. The van der Waals surface area contributed by atoms with Crippen molar-refractivity contribution in [2.24, 2.45) is 5.92 Å². The molecule has 1 aliphatic rings. The van der Waals surface area contributed by atoms with E-state index in [4.69, 9.17) is 0 Å². The van der Waals surface area contributed by atoms with E-state index in [1.807, 2.05) is 23.1 Å². The van der Waals surface area contributed by atoms with Crippen LogP contribution in [0.4, 0.5) is 0 Å². The summed E-state index contributed by atoms with van der Waals surface area (Å²) in [7, 11) is 0. The number of nitrogens with zero attached hydrogens (tertiary/aromatic N) is 3. The predicted molar refractivity (Wildman–Crippen MR) is 92.1 cm³/mol. The second-order valence-corrected chi connectivity index (χ2v) is 6.68. The van der Waals surface area contributed by atoms with Crippen molar-refractivity contribution in [3.63, 3.8) is 0 Å². The minimum absolute atomic E-state index is 0.0857. The van der Waals surface area contributed by atoms with Crippen molar-refractivity contribution in [2.45, 2.75) is 33.1 Å². The molecule has 0 radical (unpaired) electrons. The standard InChI is InChI=1S/C18H24N4O2/c1-13(2)8-9-19-17(23)16-20-15(14-7-3-4-12-22(14)16)18(24)21-10-5-6-11-21/h3-4,7,12-13H,5-6,8-11H2,1-2H3,(H,19,23). The largest absolute Gasteiger partial charge is 0.349 e. The molecule has 1 saturated heterocycles. The van der Waals surface area contributed by atoms with E-state index in [0.717, 1.165) is 32.4 Å². The third kappa shape index (κ3) is 3.27. The zero-order valence-electron chi connectivity index (χ0n) is 14.3. The summed E-state index contributed by atoms with van der Waals surface area (Å²) in [6.07, 6.45) is 4.75. The fourth-order valence-electron chi connectivity index (χ4n) is 2.98. The number of pyridine rings is 1. The highest BCUT2D eigenvalue weighted by Gasteiger charge is 2.26. The lowest BCUT2D eigenvalue weighted by Gasteiger charge is -2.13. The van der Waals surface area contributed by atoms with Gasteiger partial charge < -0.3 is 10.2 Å². The Morgan fingerprint density at radius 1 is 1.25 bits per heavy atom. The zero-order chi connectivity index (χ0) is 17.1. The van der Waals surface area contributed by atoms with Crippen molar-refractivity contribution >= 4 is 17.3 Å². The lowest BCUT2D eigenvalue weighted by molar-refractivity contribution is 0.0789. The predicted octanol–water partition coefficient (Wildman–Crippen LogP) is 2.35. The topological polar surface area (TPSA) is 66.7 Å². The van der Waals surface area contributed by atoms with Crippen molar-refractivity contribution in [3.8, 4) is 0 Å². The van der Waals surface area contributed by atoms with Crippen LogP contribution in [-0.4, -0.2) is 45.7 Å². The summed E-state index contributed by atoms with van der Waals surface area (Å²) >= 11 is 0. The van der Waals surface area contributed by atoms with Crippen LogP contribution in [-0.2, 0) is 0 Å². The Labute approximate surface area is 141 Å². The van der Waals surface area contributed by atoms with Crippen molar-refractivity contribution in [1.29, 1.82) is 0 Å². The molecule has 0 unspecified atom stereocenters. The van der Waals surface area contributed by atoms with Crippen LogP contribution in [0.2, 0.25) is 0 Å². The minimum atomic E-state index is -0.239. The molecule has 3 heterocycles. The van der Waals surface area contributed by atoms with E-state index >= 15 is 0 Å². The van der Waals surface area contributed by atoms with E-state index < -0.39 is 0 Å². The number of carbonyl (C=O) groups is 2. The molecule has 6 heteroatoms. The maximum atomic E-state index is 12.7. The molecule has 1 fully saturated rings. The van der Waals surface area contributed by atoms with E-state index in [9.17, 15) is 9.59 Å². The summed E-state index contributed by atoms with van der Waals surface area (Å²) < 4.78 is 1.70. The van der Waals surface area contributed by atoms with Gasteiger partial charge >= 0.3 is 0 Å². The number of imidazole rings is 1. The zero-order valence-corrected chi connectivity index (χ0v) is 14.3. The molecule has 1 N–H and O–H groups in total. The number of likely N-dealkylation sites (tertiary alicyclic amines) is 1. The third-order valence-electron chi connectivity index (χ3n) is 4.35. The van der Waals surface area contributed by atoms with Crippen LogP contribution in [0.5, 0.6) is 0 Å². The molecule has 0 spiro atoms.